The van der Waals surface area contributed by atoms with Crippen LogP contribution < -0.4 is 0 Å². The second kappa shape index (κ2) is 5.81. The smallest absolute Gasteiger partial charge is 0.245 e. The van der Waals surface area contributed by atoms with Crippen LogP contribution in [-0.4, -0.2) is 30.4 Å². The Labute approximate surface area is 126 Å². The zero-order chi connectivity index (χ0) is 14.2. The minimum atomic E-state index is -3.49. The van der Waals surface area contributed by atoms with Crippen molar-refractivity contribution in [3.05, 3.63) is 14.7 Å². The number of halogens is 1. The molecule has 7 heteroatoms. The van der Waals surface area contributed by atoms with E-state index in [1.165, 1.54) is 11.3 Å². The van der Waals surface area contributed by atoms with Crippen LogP contribution in [0, 0.1) is 5.92 Å². The topological polar surface area (TPSA) is 57.6 Å². The third-order valence-electron chi connectivity index (χ3n) is 3.16. The van der Waals surface area contributed by atoms with Gasteiger partial charge in [0.25, 0.3) is 0 Å². The first-order valence-corrected chi connectivity index (χ1v) is 9.32. The van der Waals surface area contributed by atoms with Crippen molar-refractivity contribution >= 4 is 37.3 Å². The van der Waals surface area contributed by atoms with Gasteiger partial charge in [-0.05, 0) is 54.6 Å². The van der Waals surface area contributed by atoms with E-state index in [9.17, 15) is 8.42 Å². The average Bonchev–Trinajstić information content (AvgIpc) is 3.07. The number of hydrogen-bond acceptors (Lipinski definition) is 4. The summed E-state index contributed by atoms with van der Waals surface area (Å²) in [7, 11) is -3.49. The quantitative estimate of drug-likeness (QED) is 0.840. The normalized spacial score (nSPS) is 16.5. The van der Waals surface area contributed by atoms with Gasteiger partial charge in [0.05, 0.1) is 10.4 Å². The lowest BCUT2D eigenvalue weighted by Crippen LogP contribution is -2.38. The molecule has 108 valence electrons. The van der Waals surface area contributed by atoms with Crippen molar-refractivity contribution in [1.82, 2.24) is 4.31 Å². The molecule has 2 rings (SSSR count). The fraction of sp³-hybridized carbons (Fsp3) is 0.667. The number of nitrogens with zero attached hydrogens (tertiary/aromatic N) is 1. The fourth-order valence-corrected chi connectivity index (χ4v) is 6.13. The van der Waals surface area contributed by atoms with E-state index in [0.29, 0.717) is 21.1 Å². The summed E-state index contributed by atoms with van der Waals surface area (Å²) < 4.78 is 27.6. The van der Waals surface area contributed by atoms with Crippen molar-refractivity contribution in [1.29, 1.82) is 0 Å². The largest absolute Gasteiger partial charge is 0.391 e. The second-order valence-electron chi connectivity index (χ2n) is 5.12. The predicted octanol–water partition coefficient (Wildman–Crippen LogP) is 2.81. The van der Waals surface area contributed by atoms with Crippen LogP contribution in [0.1, 0.15) is 31.6 Å². The Balaban J connectivity index is 2.34. The van der Waals surface area contributed by atoms with Crippen LogP contribution in [0.4, 0.5) is 0 Å². The molecule has 0 bridgehead atoms. The minimum absolute atomic E-state index is 0.0602. The van der Waals surface area contributed by atoms with E-state index >= 15 is 0 Å². The molecule has 1 saturated carbocycles. The molecule has 0 radical (unpaired) electrons. The lowest BCUT2D eigenvalue weighted by atomic mass is 10.3. The van der Waals surface area contributed by atoms with E-state index in [2.05, 4.69) is 15.9 Å². The number of hydrogen-bond donors (Lipinski definition) is 1. The molecule has 0 saturated heterocycles. The number of aliphatic hydroxyl groups excluding tert-OH is 1. The molecule has 1 fully saturated rings. The number of rotatable bonds is 6. The van der Waals surface area contributed by atoms with Crippen molar-refractivity contribution in [3.8, 4) is 0 Å². The Morgan fingerprint density at radius 1 is 1.53 bits per heavy atom. The summed E-state index contributed by atoms with van der Waals surface area (Å²) in [5.74, 6) is 0.506. The first-order valence-electron chi connectivity index (χ1n) is 6.27. The molecule has 19 heavy (non-hydrogen) atoms. The summed E-state index contributed by atoms with van der Waals surface area (Å²) in [4.78, 5) is 0.927. The van der Waals surface area contributed by atoms with Crippen molar-refractivity contribution in [2.75, 3.05) is 6.54 Å². The summed E-state index contributed by atoms with van der Waals surface area (Å²) in [5.41, 5.74) is 0. The monoisotopic (exact) mass is 367 g/mol. The molecule has 1 aromatic rings. The van der Waals surface area contributed by atoms with E-state index in [4.69, 9.17) is 5.11 Å². The molecule has 0 atom stereocenters. The van der Waals surface area contributed by atoms with Crippen molar-refractivity contribution in [2.45, 2.75) is 44.2 Å². The molecular formula is C12H18BrNO3S2. The van der Waals surface area contributed by atoms with Gasteiger partial charge in [0.2, 0.25) is 10.0 Å². The van der Waals surface area contributed by atoms with Crippen LogP contribution in [0.2, 0.25) is 0 Å². The SMILES string of the molecule is CC(C)N(CC1CC1)S(=O)(=O)c1cc(CO)sc1Br. The maximum atomic E-state index is 12.7. The molecule has 4 nitrogen and oxygen atoms in total. The zero-order valence-electron chi connectivity index (χ0n) is 11.0. The molecule has 0 spiro atoms. The number of thiophene rings is 1. The van der Waals surface area contributed by atoms with Crippen molar-refractivity contribution in [2.24, 2.45) is 5.92 Å². The van der Waals surface area contributed by atoms with E-state index in [0.717, 1.165) is 12.8 Å². The lowest BCUT2D eigenvalue weighted by molar-refractivity contribution is 0.285. The second-order valence-corrected chi connectivity index (χ2v) is 9.43. The van der Waals surface area contributed by atoms with Gasteiger partial charge in [-0.15, -0.1) is 11.3 Å². The van der Waals surface area contributed by atoms with Gasteiger partial charge < -0.3 is 5.11 Å². The highest BCUT2D eigenvalue weighted by molar-refractivity contribution is 9.11. The van der Waals surface area contributed by atoms with Crippen LogP contribution in [0.15, 0.2) is 14.7 Å². The molecule has 1 aliphatic rings. The standard InChI is InChI=1S/C12H18BrNO3S2/c1-8(2)14(6-9-3-4-9)19(16,17)11-5-10(7-15)18-12(11)13/h5,8-9,15H,3-4,6-7H2,1-2H3. The average molecular weight is 368 g/mol. The first-order chi connectivity index (χ1) is 8.86. The van der Waals surface area contributed by atoms with Crippen LogP contribution in [0.25, 0.3) is 0 Å². The summed E-state index contributed by atoms with van der Waals surface area (Å²) in [6.07, 6.45) is 2.23. The predicted molar refractivity (Wildman–Crippen MR) is 79.7 cm³/mol. The van der Waals surface area contributed by atoms with Crippen LogP contribution in [-0.2, 0) is 16.6 Å². The lowest BCUT2D eigenvalue weighted by Gasteiger charge is -2.25. The van der Waals surface area contributed by atoms with E-state index < -0.39 is 10.0 Å². The summed E-state index contributed by atoms with van der Waals surface area (Å²) in [6.45, 7) is 4.25. The third kappa shape index (κ3) is 3.39. The van der Waals surface area contributed by atoms with Gasteiger partial charge in [-0.25, -0.2) is 8.42 Å². The summed E-state index contributed by atoms with van der Waals surface area (Å²) in [5, 5.41) is 9.13. The summed E-state index contributed by atoms with van der Waals surface area (Å²) >= 11 is 4.56. The van der Waals surface area contributed by atoms with E-state index in [-0.39, 0.29) is 17.5 Å². The Hall–Kier alpha value is 0.0500. The van der Waals surface area contributed by atoms with Crippen molar-refractivity contribution < 1.29 is 13.5 Å². The van der Waals surface area contributed by atoms with Gasteiger partial charge in [-0.1, -0.05) is 0 Å². The van der Waals surface area contributed by atoms with E-state index in [1.54, 1.807) is 10.4 Å². The maximum absolute atomic E-state index is 12.7. The van der Waals surface area contributed by atoms with Gasteiger partial charge in [0, 0.05) is 17.5 Å². The minimum Gasteiger partial charge on any atom is -0.391 e. The highest BCUT2D eigenvalue weighted by atomic mass is 79.9. The Morgan fingerprint density at radius 2 is 2.16 bits per heavy atom. The third-order valence-corrected chi connectivity index (χ3v) is 7.44. The Bertz CT molecular complexity index is 549. The van der Waals surface area contributed by atoms with Crippen LogP contribution in [0.5, 0.6) is 0 Å². The molecular weight excluding hydrogens is 350 g/mol. The molecule has 0 unspecified atom stereocenters. The van der Waals surface area contributed by atoms with Crippen LogP contribution in [0.3, 0.4) is 0 Å². The molecule has 0 amide bonds. The first kappa shape index (κ1) is 15.4. The maximum Gasteiger partial charge on any atom is 0.245 e. The number of aliphatic hydroxyl groups is 1. The summed E-state index contributed by atoms with van der Waals surface area (Å²) in [6, 6.07) is 1.50. The zero-order valence-corrected chi connectivity index (χ0v) is 14.2. The van der Waals surface area contributed by atoms with Gasteiger partial charge in [-0.2, -0.15) is 4.31 Å². The molecule has 0 aliphatic heterocycles. The fourth-order valence-electron chi connectivity index (χ4n) is 1.92. The highest BCUT2D eigenvalue weighted by Crippen LogP contribution is 2.37. The molecule has 1 heterocycles. The van der Waals surface area contributed by atoms with Crippen LogP contribution >= 0.6 is 27.3 Å². The molecule has 1 N–H and O–H groups in total. The number of sulfonamides is 1. The van der Waals surface area contributed by atoms with Crippen molar-refractivity contribution in [3.63, 3.8) is 0 Å². The highest BCUT2D eigenvalue weighted by Gasteiger charge is 2.35. The van der Waals surface area contributed by atoms with Gasteiger partial charge in [0.15, 0.2) is 0 Å². The van der Waals surface area contributed by atoms with E-state index in [1.807, 2.05) is 13.8 Å². The van der Waals surface area contributed by atoms with Gasteiger partial charge in [0.1, 0.15) is 4.90 Å². The Morgan fingerprint density at radius 3 is 2.58 bits per heavy atom. The van der Waals surface area contributed by atoms with Gasteiger partial charge in [-0.3, -0.25) is 0 Å². The molecule has 0 aromatic carbocycles. The van der Waals surface area contributed by atoms with Gasteiger partial charge >= 0.3 is 0 Å². The molecule has 1 aliphatic carbocycles. The molecule has 1 aromatic heterocycles. The Kier molecular flexibility index (Phi) is 4.72.